The molecule has 2 aromatic rings. The zero-order valence-electron chi connectivity index (χ0n) is 9.86. The molecule has 1 unspecified atom stereocenters. The molecular weight excluding hydrogens is 232 g/mol. The number of fused-ring (bicyclic) bond motifs is 1. The number of aryl methyl sites for hydroxylation is 1. The second-order valence-corrected chi connectivity index (χ2v) is 5.59. The third-order valence-electron chi connectivity index (χ3n) is 2.97. The number of aromatic amines is 1. The fourth-order valence-corrected chi connectivity index (χ4v) is 3.07. The van der Waals surface area contributed by atoms with Crippen molar-refractivity contribution in [3.63, 3.8) is 0 Å². The first-order chi connectivity index (χ1) is 8.31. The lowest BCUT2D eigenvalue weighted by molar-refractivity contribution is 0.553. The minimum absolute atomic E-state index is 0.537. The van der Waals surface area contributed by atoms with Crippen LogP contribution in [0, 0.1) is 6.92 Å². The molecule has 1 aliphatic heterocycles. The Morgan fingerprint density at radius 3 is 3.18 bits per heavy atom. The summed E-state index contributed by atoms with van der Waals surface area (Å²) in [6.45, 7) is 3.10. The highest BCUT2D eigenvalue weighted by atomic mass is 32.2. The van der Waals surface area contributed by atoms with Gasteiger partial charge in [-0.15, -0.1) is 0 Å². The van der Waals surface area contributed by atoms with E-state index in [1.165, 1.54) is 11.5 Å². The van der Waals surface area contributed by atoms with Crippen LogP contribution in [-0.4, -0.2) is 39.0 Å². The third-order valence-corrected chi connectivity index (χ3v) is 4.10. The van der Waals surface area contributed by atoms with E-state index in [9.17, 15) is 0 Å². The summed E-state index contributed by atoms with van der Waals surface area (Å²) in [7, 11) is 0. The van der Waals surface area contributed by atoms with Crippen molar-refractivity contribution < 1.29 is 0 Å². The largest absolute Gasteiger partial charge is 0.341 e. The summed E-state index contributed by atoms with van der Waals surface area (Å²) >= 11 is 2.01. The molecule has 1 atom stereocenters. The Morgan fingerprint density at radius 2 is 2.35 bits per heavy atom. The highest BCUT2D eigenvalue weighted by Crippen LogP contribution is 2.14. The number of nitrogens with one attached hydrogen (secondary N) is 2. The standard InChI is InChI=1S/C12H16N4S/c1-8-2-3-10-12(14-8)16-11(15-10)6-9-7-17-5-4-13-9/h2-3,9,13H,4-7H2,1H3,(H,14,15,16). The van der Waals surface area contributed by atoms with Crippen molar-refractivity contribution in [1.82, 2.24) is 20.3 Å². The van der Waals surface area contributed by atoms with Gasteiger partial charge < -0.3 is 10.3 Å². The quantitative estimate of drug-likeness (QED) is 0.846. The van der Waals surface area contributed by atoms with E-state index in [4.69, 9.17) is 0 Å². The molecule has 0 spiro atoms. The summed E-state index contributed by atoms with van der Waals surface area (Å²) in [5.41, 5.74) is 2.89. The fourth-order valence-electron chi connectivity index (χ4n) is 2.12. The van der Waals surface area contributed by atoms with Gasteiger partial charge in [-0.25, -0.2) is 9.97 Å². The number of pyridine rings is 1. The molecule has 0 bridgehead atoms. The maximum atomic E-state index is 4.55. The zero-order chi connectivity index (χ0) is 11.7. The van der Waals surface area contributed by atoms with E-state index in [2.05, 4.69) is 26.3 Å². The smallest absolute Gasteiger partial charge is 0.177 e. The molecule has 0 aliphatic carbocycles. The summed E-state index contributed by atoms with van der Waals surface area (Å²) in [5.74, 6) is 3.43. The van der Waals surface area contributed by atoms with E-state index < -0.39 is 0 Å². The van der Waals surface area contributed by atoms with Crippen LogP contribution in [0.2, 0.25) is 0 Å². The molecule has 5 heteroatoms. The summed E-state index contributed by atoms with van der Waals surface area (Å²) in [6, 6.07) is 4.60. The van der Waals surface area contributed by atoms with Gasteiger partial charge in [0.05, 0.1) is 5.52 Å². The Morgan fingerprint density at radius 1 is 1.41 bits per heavy atom. The van der Waals surface area contributed by atoms with Crippen molar-refractivity contribution in [2.75, 3.05) is 18.1 Å². The molecule has 0 saturated carbocycles. The van der Waals surface area contributed by atoms with Gasteiger partial charge in [0.15, 0.2) is 5.65 Å². The number of hydrogen-bond donors (Lipinski definition) is 2. The van der Waals surface area contributed by atoms with E-state index >= 15 is 0 Å². The first-order valence-corrected chi connectivity index (χ1v) is 7.10. The van der Waals surface area contributed by atoms with E-state index in [0.717, 1.165) is 35.6 Å². The molecule has 4 nitrogen and oxygen atoms in total. The SMILES string of the molecule is Cc1ccc2[nH]c(CC3CSCCN3)nc2n1. The lowest BCUT2D eigenvalue weighted by Gasteiger charge is -2.21. The van der Waals surface area contributed by atoms with Crippen LogP contribution in [0.25, 0.3) is 11.2 Å². The lowest BCUT2D eigenvalue weighted by atomic mass is 10.2. The van der Waals surface area contributed by atoms with Gasteiger partial charge in [-0.3, -0.25) is 0 Å². The first kappa shape index (κ1) is 11.0. The lowest BCUT2D eigenvalue weighted by Crippen LogP contribution is -2.39. The van der Waals surface area contributed by atoms with Crippen LogP contribution in [0.3, 0.4) is 0 Å². The molecule has 2 aromatic heterocycles. The number of nitrogens with zero attached hydrogens (tertiary/aromatic N) is 2. The minimum atomic E-state index is 0.537. The van der Waals surface area contributed by atoms with Crippen LogP contribution in [0.5, 0.6) is 0 Å². The molecule has 3 heterocycles. The van der Waals surface area contributed by atoms with Crippen molar-refractivity contribution in [2.45, 2.75) is 19.4 Å². The van der Waals surface area contributed by atoms with Crippen molar-refractivity contribution in [2.24, 2.45) is 0 Å². The number of aromatic nitrogens is 3. The first-order valence-electron chi connectivity index (χ1n) is 5.94. The van der Waals surface area contributed by atoms with Crippen molar-refractivity contribution in [3.8, 4) is 0 Å². The summed E-state index contributed by atoms with van der Waals surface area (Å²) in [5, 5.41) is 3.52. The van der Waals surface area contributed by atoms with Crippen molar-refractivity contribution in [3.05, 3.63) is 23.7 Å². The maximum absolute atomic E-state index is 4.55. The van der Waals surface area contributed by atoms with Gasteiger partial charge >= 0.3 is 0 Å². The number of thioether (sulfide) groups is 1. The molecule has 1 aliphatic rings. The Labute approximate surface area is 105 Å². The zero-order valence-corrected chi connectivity index (χ0v) is 10.7. The van der Waals surface area contributed by atoms with Crippen LogP contribution in [0.1, 0.15) is 11.5 Å². The number of imidazole rings is 1. The molecular formula is C12H16N4S. The number of H-pyrrole nitrogens is 1. The van der Waals surface area contributed by atoms with Gasteiger partial charge in [-0.2, -0.15) is 11.8 Å². The van der Waals surface area contributed by atoms with Gasteiger partial charge in [0.2, 0.25) is 0 Å². The Kier molecular flexibility index (Phi) is 3.03. The average molecular weight is 248 g/mol. The molecule has 17 heavy (non-hydrogen) atoms. The highest BCUT2D eigenvalue weighted by Gasteiger charge is 2.15. The number of rotatable bonds is 2. The summed E-state index contributed by atoms with van der Waals surface area (Å²) in [6.07, 6.45) is 0.961. The van der Waals surface area contributed by atoms with Crippen LogP contribution < -0.4 is 5.32 Å². The Hall–Kier alpha value is -1.07. The van der Waals surface area contributed by atoms with Crippen LogP contribution >= 0.6 is 11.8 Å². The average Bonchev–Trinajstić information content (AvgIpc) is 2.71. The Balaban J connectivity index is 1.80. The van der Waals surface area contributed by atoms with Crippen LogP contribution in [0.15, 0.2) is 12.1 Å². The van der Waals surface area contributed by atoms with Gasteiger partial charge in [0.1, 0.15) is 5.82 Å². The highest BCUT2D eigenvalue weighted by molar-refractivity contribution is 7.99. The second-order valence-electron chi connectivity index (χ2n) is 4.44. The van der Waals surface area contributed by atoms with E-state index in [1.54, 1.807) is 0 Å². The second kappa shape index (κ2) is 4.66. The summed E-state index contributed by atoms with van der Waals surface area (Å²) < 4.78 is 0. The maximum Gasteiger partial charge on any atom is 0.177 e. The molecule has 0 radical (unpaired) electrons. The molecule has 2 N–H and O–H groups in total. The van der Waals surface area contributed by atoms with Gasteiger partial charge in [-0.1, -0.05) is 0 Å². The molecule has 1 saturated heterocycles. The normalized spacial score (nSPS) is 20.9. The minimum Gasteiger partial charge on any atom is -0.341 e. The summed E-state index contributed by atoms with van der Waals surface area (Å²) in [4.78, 5) is 12.3. The van der Waals surface area contributed by atoms with E-state index in [-0.39, 0.29) is 0 Å². The van der Waals surface area contributed by atoms with Crippen molar-refractivity contribution >= 4 is 22.9 Å². The molecule has 0 amide bonds. The predicted octanol–water partition coefficient (Wildman–Crippen LogP) is 1.51. The Bertz CT molecular complexity index is 516. The van der Waals surface area contributed by atoms with Gasteiger partial charge in [0.25, 0.3) is 0 Å². The van der Waals surface area contributed by atoms with Crippen molar-refractivity contribution in [1.29, 1.82) is 0 Å². The molecule has 90 valence electrons. The predicted molar refractivity (Wildman–Crippen MR) is 71.4 cm³/mol. The molecule has 1 fully saturated rings. The fraction of sp³-hybridized carbons (Fsp3) is 0.500. The molecule has 3 rings (SSSR count). The van der Waals surface area contributed by atoms with Crippen LogP contribution in [0.4, 0.5) is 0 Å². The van der Waals surface area contributed by atoms with E-state index in [0.29, 0.717) is 6.04 Å². The third kappa shape index (κ3) is 2.45. The van der Waals surface area contributed by atoms with Gasteiger partial charge in [0, 0.05) is 36.2 Å². The topological polar surface area (TPSA) is 53.6 Å². The van der Waals surface area contributed by atoms with Gasteiger partial charge in [-0.05, 0) is 19.1 Å². The monoisotopic (exact) mass is 248 g/mol. The molecule has 0 aromatic carbocycles. The van der Waals surface area contributed by atoms with E-state index in [1.807, 2.05) is 24.8 Å². The van der Waals surface area contributed by atoms with Crippen LogP contribution in [-0.2, 0) is 6.42 Å². The number of hydrogen-bond acceptors (Lipinski definition) is 4.